The molecule has 0 amide bonds. The number of thiophene rings is 1. The SMILES string of the molecule is C=C(Cl)COC(=O)c1cc(-c2cccs2)nn1-c1ccccc1. The Bertz CT molecular complexity index is 826. The summed E-state index contributed by atoms with van der Waals surface area (Å²) in [6.07, 6.45) is 0. The number of benzene rings is 1. The molecule has 0 bridgehead atoms. The first-order valence-electron chi connectivity index (χ1n) is 6.85. The normalized spacial score (nSPS) is 10.5. The van der Waals surface area contributed by atoms with Crippen LogP contribution < -0.4 is 0 Å². The van der Waals surface area contributed by atoms with Crippen molar-refractivity contribution < 1.29 is 9.53 Å². The predicted molar refractivity (Wildman–Crippen MR) is 92.2 cm³/mol. The highest BCUT2D eigenvalue weighted by Gasteiger charge is 2.19. The van der Waals surface area contributed by atoms with E-state index in [0.717, 1.165) is 16.3 Å². The number of carbonyl (C=O) groups excluding carboxylic acids is 1. The minimum Gasteiger partial charge on any atom is -0.455 e. The molecule has 0 aliphatic rings. The van der Waals surface area contributed by atoms with Crippen molar-refractivity contribution in [2.75, 3.05) is 6.61 Å². The Kier molecular flexibility index (Phi) is 4.60. The molecule has 0 radical (unpaired) electrons. The van der Waals surface area contributed by atoms with Gasteiger partial charge in [-0.1, -0.05) is 42.4 Å². The molecule has 0 fully saturated rings. The summed E-state index contributed by atoms with van der Waals surface area (Å²) in [5.74, 6) is -0.494. The highest BCUT2D eigenvalue weighted by Crippen LogP contribution is 2.26. The van der Waals surface area contributed by atoms with E-state index in [4.69, 9.17) is 16.3 Å². The van der Waals surface area contributed by atoms with Gasteiger partial charge in [0.1, 0.15) is 12.3 Å². The van der Waals surface area contributed by atoms with Crippen molar-refractivity contribution in [2.45, 2.75) is 0 Å². The van der Waals surface area contributed by atoms with Gasteiger partial charge in [0, 0.05) is 11.1 Å². The first-order chi connectivity index (χ1) is 11.1. The molecule has 0 aliphatic carbocycles. The van der Waals surface area contributed by atoms with Gasteiger partial charge in [0.2, 0.25) is 0 Å². The Morgan fingerprint density at radius 3 is 2.70 bits per heavy atom. The molecular formula is C17H13ClN2O2S. The van der Waals surface area contributed by atoms with Crippen LogP contribution in [-0.4, -0.2) is 22.4 Å². The molecule has 1 aromatic carbocycles. The molecule has 0 atom stereocenters. The van der Waals surface area contributed by atoms with Gasteiger partial charge in [0.15, 0.2) is 5.69 Å². The summed E-state index contributed by atoms with van der Waals surface area (Å²) in [6, 6.07) is 15.1. The van der Waals surface area contributed by atoms with E-state index in [-0.39, 0.29) is 11.6 Å². The summed E-state index contributed by atoms with van der Waals surface area (Å²) in [7, 11) is 0. The van der Waals surface area contributed by atoms with E-state index in [9.17, 15) is 4.79 Å². The van der Waals surface area contributed by atoms with Crippen LogP contribution in [0, 0.1) is 0 Å². The number of hydrogen-bond donors (Lipinski definition) is 0. The lowest BCUT2D eigenvalue weighted by molar-refractivity contribution is 0.0535. The van der Waals surface area contributed by atoms with Crippen molar-refractivity contribution in [3.63, 3.8) is 0 Å². The zero-order valence-electron chi connectivity index (χ0n) is 12.1. The standard InChI is InChI=1S/C17H13ClN2O2S/c1-12(18)11-22-17(21)15-10-14(16-8-5-9-23-16)19-20(15)13-6-3-2-4-7-13/h2-10H,1,11H2. The average molecular weight is 345 g/mol. The number of hydrogen-bond acceptors (Lipinski definition) is 4. The Balaban J connectivity index is 2.02. The quantitative estimate of drug-likeness (QED) is 0.639. The average Bonchev–Trinajstić information content (AvgIpc) is 3.22. The predicted octanol–water partition coefficient (Wildman–Crippen LogP) is 4.51. The van der Waals surface area contributed by atoms with E-state index in [2.05, 4.69) is 11.7 Å². The number of carbonyl (C=O) groups is 1. The minimum absolute atomic E-state index is 0.0330. The van der Waals surface area contributed by atoms with Gasteiger partial charge in [-0.2, -0.15) is 5.10 Å². The van der Waals surface area contributed by atoms with Crippen LogP contribution in [0.4, 0.5) is 0 Å². The van der Waals surface area contributed by atoms with E-state index in [1.807, 2.05) is 47.8 Å². The van der Waals surface area contributed by atoms with Crippen molar-refractivity contribution in [1.82, 2.24) is 9.78 Å². The van der Waals surface area contributed by atoms with E-state index >= 15 is 0 Å². The van der Waals surface area contributed by atoms with E-state index in [1.54, 1.807) is 22.1 Å². The van der Waals surface area contributed by atoms with Gasteiger partial charge >= 0.3 is 5.97 Å². The second kappa shape index (κ2) is 6.81. The van der Waals surface area contributed by atoms with Gasteiger partial charge in [0.25, 0.3) is 0 Å². The first kappa shape index (κ1) is 15.5. The summed E-state index contributed by atoms with van der Waals surface area (Å²) >= 11 is 7.22. The molecule has 0 saturated carbocycles. The lowest BCUT2D eigenvalue weighted by atomic mass is 10.3. The van der Waals surface area contributed by atoms with Crippen molar-refractivity contribution in [1.29, 1.82) is 0 Å². The smallest absolute Gasteiger partial charge is 0.357 e. The summed E-state index contributed by atoms with van der Waals surface area (Å²) in [5.41, 5.74) is 1.85. The summed E-state index contributed by atoms with van der Waals surface area (Å²) in [4.78, 5) is 13.3. The second-order valence-electron chi connectivity index (χ2n) is 4.73. The van der Waals surface area contributed by atoms with E-state index in [0.29, 0.717) is 5.69 Å². The number of para-hydroxylation sites is 1. The molecule has 2 aromatic heterocycles. The molecule has 2 heterocycles. The molecule has 6 heteroatoms. The van der Waals surface area contributed by atoms with Crippen molar-refractivity contribution in [3.8, 4) is 16.3 Å². The molecule has 3 rings (SSSR count). The number of esters is 1. The van der Waals surface area contributed by atoms with Crippen LogP contribution in [0.15, 0.2) is 65.5 Å². The fourth-order valence-corrected chi connectivity index (χ4v) is 2.79. The summed E-state index contributed by atoms with van der Waals surface area (Å²) in [5, 5.41) is 6.77. The molecule has 0 spiro atoms. The molecule has 0 aliphatic heterocycles. The van der Waals surface area contributed by atoms with Gasteiger partial charge in [0.05, 0.1) is 10.6 Å². The Morgan fingerprint density at radius 1 is 1.26 bits per heavy atom. The highest BCUT2D eigenvalue weighted by atomic mass is 35.5. The summed E-state index contributed by atoms with van der Waals surface area (Å²) < 4.78 is 6.73. The minimum atomic E-state index is -0.494. The van der Waals surface area contributed by atoms with Crippen LogP contribution in [0.5, 0.6) is 0 Å². The Labute approximate surface area is 142 Å². The van der Waals surface area contributed by atoms with Gasteiger partial charge in [-0.3, -0.25) is 0 Å². The molecule has 3 aromatic rings. The molecule has 116 valence electrons. The van der Waals surface area contributed by atoms with Crippen LogP contribution in [-0.2, 0) is 4.74 Å². The number of ether oxygens (including phenoxy) is 1. The largest absolute Gasteiger partial charge is 0.455 e. The van der Waals surface area contributed by atoms with Crippen LogP contribution in [0.2, 0.25) is 0 Å². The molecule has 0 unspecified atom stereocenters. The number of aromatic nitrogens is 2. The van der Waals surface area contributed by atoms with Crippen molar-refractivity contribution in [3.05, 3.63) is 71.2 Å². The maximum atomic E-state index is 12.3. The molecule has 0 saturated heterocycles. The molecule has 23 heavy (non-hydrogen) atoms. The van der Waals surface area contributed by atoms with E-state index in [1.165, 1.54) is 0 Å². The fourth-order valence-electron chi connectivity index (χ4n) is 2.06. The van der Waals surface area contributed by atoms with Crippen LogP contribution in [0.25, 0.3) is 16.3 Å². The van der Waals surface area contributed by atoms with Gasteiger partial charge < -0.3 is 4.74 Å². The number of rotatable bonds is 5. The van der Waals surface area contributed by atoms with E-state index < -0.39 is 5.97 Å². The molecule has 0 N–H and O–H groups in total. The zero-order chi connectivity index (χ0) is 16.2. The van der Waals surface area contributed by atoms with Crippen LogP contribution in [0.1, 0.15) is 10.5 Å². The van der Waals surface area contributed by atoms with Gasteiger partial charge in [-0.15, -0.1) is 11.3 Å². The van der Waals surface area contributed by atoms with Crippen LogP contribution in [0.3, 0.4) is 0 Å². The number of nitrogens with zero attached hydrogens (tertiary/aromatic N) is 2. The van der Waals surface area contributed by atoms with Crippen LogP contribution >= 0.6 is 22.9 Å². The highest BCUT2D eigenvalue weighted by molar-refractivity contribution is 7.13. The maximum Gasteiger partial charge on any atom is 0.357 e. The number of halogens is 1. The Hall–Kier alpha value is -2.37. The lowest BCUT2D eigenvalue weighted by Crippen LogP contribution is -2.12. The maximum absolute atomic E-state index is 12.3. The Morgan fingerprint density at radius 2 is 2.04 bits per heavy atom. The second-order valence-corrected chi connectivity index (χ2v) is 6.22. The summed E-state index contributed by atoms with van der Waals surface area (Å²) in [6.45, 7) is 3.48. The van der Waals surface area contributed by atoms with Gasteiger partial charge in [-0.05, 0) is 23.6 Å². The monoisotopic (exact) mass is 344 g/mol. The fraction of sp³-hybridized carbons (Fsp3) is 0.0588. The van der Waals surface area contributed by atoms with Crippen molar-refractivity contribution in [2.24, 2.45) is 0 Å². The third kappa shape index (κ3) is 3.52. The first-order valence-corrected chi connectivity index (χ1v) is 8.10. The third-order valence-electron chi connectivity index (χ3n) is 3.05. The third-order valence-corrected chi connectivity index (χ3v) is 4.05. The molecule has 4 nitrogen and oxygen atoms in total. The zero-order valence-corrected chi connectivity index (χ0v) is 13.7. The van der Waals surface area contributed by atoms with Gasteiger partial charge in [-0.25, -0.2) is 9.48 Å². The van der Waals surface area contributed by atoms with Crippen molar-refractivity contribution >= 4 is 28.9 Å². The topological polar surface area (TPSA) is 44.1 Å². The lowest BCUT2D eigenvalue weighted by Gasteiger charge is -2.07. The molecular weight excluding hydrogens is 332 g/mol.